The van der Waals surface area contributed by atoms with Gasteiger partial charge in [-0.05, 0) is 18.6 Å². The number of hydrogen-bond acceptors (Lipinski definition) is 5. The molecule has 0 bridgehead atoms. The maximum Gasteiger partial charge on any atom is 0.161 e. The zero-order chi connectivity index (χ0) is 14.4. The van der Waals surface area contributed by atoms with Crippen LogP contribution in [0.4, 0.5) is 5.82 Å². The van der Waals surface area contributed by atoms with Crippen molar-refractivity contribution in [2.75, 3.05) is 18.5 Å². The highest BCUT2D eigenvalue weighted by atomic mass is 15.2. The van der Waals surface area contributed by atoms with Gasteiger partial charge in [-0.25, -0.2) is 9.97 Å². The number of aryl methyl sites for hydroxylation is 1. The minimum Gasteiger partial charge on any atom is -0.359 e. The molecule has 20 heavy (non-hydrogen) atoms. The van der Waals surface area contributed by atoms with Crippen molar-refractivity contribution in [3.05, 3.63) is 36.3 Å². The van der Waals surface area contributed by atoms with Crippen LogP contribution in [0.1, 0.15) is 19.0 Å². The van der Waals surface area contributed by atoms with E-state index in [-0.39, 0.29) is 0 Å². The summed E-state index contributed by atoms with van der Waals surface area (Å²) in [5.74, 6) is 1.55. The van der Waals surface area contributed by atoms with Gasteiger partial charge in [0.05, 0.1) is 12.5 Å². The highest BCUT2D eigenvalue weighted by molar-refractivity contribution is 5.57. The van der Waals surface area contributed by atoms with Gasteiger partial charge in [-0.1, -0.05) is 6.92 Å². The molecule has 2 heterocycles. The molecule has 2 aromatic rings. The lowest BCUT2D eigenvalue weighted by molar-refractivity contribution is 0.871. The molecule has 0 saturated heterocycles. The smallest absolute Gasteiger partial charge is 0.161 e. The Morgan fingerprint density at radius 2 is 2.00 bits per heavy atom. The minimum atomic E-state index is 0.479. The van der Waals surface area contributed by atoms with Crippen molar-refractivity contribution in [2.24, 2.45) is 0 Å². The fourth-order valence-electron chi connectivity index (χ4n) is 1.82. The van der Waals surface area contributed by atoms with E-state index >= 15 is 0 Å². The topological polar surface area (TPSA) is 65.7 Å². The molecule has 0 aliphatic rings. The number of rotatable bonds is 5. The van der Waals surface area contributed by atoms with Crippen molar-refractivity contribution in [1.29, 1.82) is 5.26 Å². The maximum atomic E-state index is 8.68. The van der Waals surface area contributed by atoms with E-state index in [9.17, 15) is 0 Å². The first-order valence-electron chi connectivity index (χ1n) is 6.61. The first-order chi connectivity index (χ1) is 9.74. The van der Waals surface area contributed by atoms with Crippen molar-refractivity contribution < 1.29 is 0 Å². The normalized spacial score (nSPS) is 10.1. The summed E-state index contributed by atoms with van der Waals surface area (Å²) in [5, 5.41) is 8.68. The lowest BCUT2D eigenvalue weighted by Crippen LogP contribution is -2.20. The Labute approximate surface area is 118 Å². The zero-order valence-corrected chi connectivity index (χ0v) is 11.7. The average molecular weight is 267 g/mol. The van der Waals surface area contributed by atoms with E-state index in [1.54, 1.807) is 12.4 Å². The Morgan fingerprint density at radius 3 is 2.65 bits per heavy atom. The molecule has 0 aliphatic heterocycles. The van der Waals surface area contributed by atoms with Gasteiger partial charge in [-0.2, -0.15) is 5.26 Å². The standard InChI is InChI=1S/C15H17N5/c1-3-13-11-14(20(2)10-4-7-16)19-15(18-13)12-5-8-17-9-6-12/h5-6,8-9,11H,3-4,10H2,1-2H3. The first-order valence-corrected chi connectivity index (χ1v) is 6.61. The van der Waals surface area contributed by atoms with Crippen LogP contribution in [0.15, 0.2) is 30.6 Å². The number of pyridine rings is 1. The SMILES string of the molecule is CCc1cc(N(C)CCC#N)nc(-c2ccncc2)n1. The zero-order valence-electron chi connectivity index (χ0n) is 11.7. The third-order valence-corrected chi connectivity index (χ3v) is 3.02. The van der Waals surface area contributed by atoms with E-state index in [1.807, 2.05) is 30.1 Å². The number of aromatic nitrogens is 3. The molecule has 0 radical (unpaired) electrons. The van der Waals surface area contributed by atoms with Crippen LogP contribution < -0.4 is 4.90 Å². The third kappa shape index (κ3) is 3.29. The second-order valence-electron chi connectivity index (χ2n) is 4.46. The molecule has 0 aliphatic carbocycles. The predicted molar refractivity (Wildman–Crippen MR) is 78.1 cm³/mol. The third-order valence-electron chi connectivity index (χ3n) is 3.02. The highest BCUT2D eigenvalue weighted by Gasteiger charge is 2.09. The lowest BCUT2D eigenvalue weighted by atomic mass is 10.2. The molecular weight excluding hydrogens is 250 g/mol. The van der Waals surface area contributed by atoms with Crippen LogP contribution in [0.25, 0.3) is 11.4 Å². The van der Waals surface area contributed by atoms with Crippen LogP contribution in [-0.4, -0.2) is 28.5 Å². The van der Waals surface area contributed by atoms with Gasteiger partial charge < -0.3 is 4.90 Å². The molecule has 0 spiro atoms. The summed E-state index contributed by atoms with van der Waals surface area (Å²) in [6.45, 7) is 2.73. The van der Waals surface area contributed by atoms with E-state index in [1.165, 1.54) is 0 Å². The van der Waals surface area contributed by atoms with Crippen molar-refractivity contribution in [3.8, 4) is 17.5 Å². The van der Waals surface area contributed by atoms with Crippen LogP contribution in [-0.2, 0) is 6.42 Å². The molecule has 5 heteroatoms. The second-order valence-corrected chi connectivity index (χ2v) is 4.46. The number of nitrogens with zero attached hydrogens (tertiary/aromatic N) is 5. The summed E-state index contributed by atoms with van der Waals surface area (Å²) in [7, 11) is 1.94. The van der Waals surface area contributed by atoms with E-state index in [2.05, 4.69) is 27.9 Å². The molecule has 0 amide bonds. The molecular formula is C15H17N5. The Hall–Kier alpha value is -2.48. The molecule has 0 atom stereocenters. The van der Waals surface area contributed by atoms with Crippen molar-refractivity contribution in [1.82, 2.24) is 15.0 Å². The van der Waals surface area contributed by atoms with E-state index in [4.69, 9.17) is 5.26 Å². The van der Waals surface area contributed by atoms with E-state index in [0.29, 0.717) is 18.8 Å². The second kappa shape index (κ2) is 6.62. The fraction of sp³-hybridized carbons (Fsp3) is 0.333. The van der Waals surface area contributed by atoms with Gasteiger partial charge in [0, 0.05) is 43.3 Å². The van der Waals surface area contributed by atoms with Crippen molar-refractivity contribution in [2.45, 2.75) is 19.8 Å². The lowest BCUT2D eigenvalue weighted by Gasteiger charge is -2.18. The highest BCUT2D eigenvalue weighted by Crippen LogP contribution is 2.19. The molecule has 5 nitrogen and oxygen atoms in total. The van der Waals surface area contributed by atoms with Crippen LogP contribution >= 0.6 is 0 Å². The quantitative estimate of drug-likeness (QED) is 0.832. The van der Waals surface area contributed by atoms with Crippen LogP contribution in [0, 0.1) is 11.3 Å². The minimum absolute atomic E-state index is 0.479. The molecule has 0 aromatic carbocycles. The van der Waals surface area contributed by atoms with E-state index in [0.717, 1.165) is 23.5 Å². The summed E-state index contributed by atoms with van der Waals surface area (Å²) in [6, 6.07) is 7.92. The monoisotopic (exact) mass is 267 g/mol. The van der Waals surface area contributed by atoms with E-state index < -0.39 is 0 Å². The molecule has 2 rings (SSSR count). The van der Waals surface area contributed by atoms with Crippen molar-refractivity contribution in [3.63, 3.8) is 0 Å². The Kier molecular flexibility index (Phi) is 4.61. The van der Waals surface area contributed by atoms with Gasteiger partial charge >= 0.3 is 0 Å². The molecule has 0 saturated carbocycles. The van der Waals surface area contributed by atoms with Gasteiger partial charge in [-0.3, -0.25) is 4.98 Å². The summed E-state index contributed by atoms with van der Waals surface area (Å²) in [5.41, 5.74) is 1.94. The van der Waals surface area contributed by atoms with Gasteiger partial charge in [0.2, 0.25) is 0 Å². The van der Waals surface area contributed by atoms with Crippen LogP contribution in [0.2, 0.25) is 0 Å². The largest absolute Gasteiger partial charge is 0.359 e. The Balaban J connectivity index is 2.37. The van der Waals surface area contributed by atoms with Crippen molar-refractivity contribution >= 4 is 5.82 Å². The van der Waals surface area contributed by atoms with Gasteiger partial charge in [0.25, 0.3) is 0 Å². The molecule has 0 unspecified atom stereocenters. The Morgan fingerprint density at radius 1 is 1.25 bits per heavy atom. The van der Waals surface area contributed by atoms with Crippen LogP contribution in [0.3, 0.4) is 0 Å². The van der Waals surface area contributed by atoms with Gasteiger partial charge in [0.15, 0.2) is 5.82 Å². The number of hydrogen-bond donors (Lipinski definition) is 0. The molecule has 102 valence electrons. The molecule has 0 N–H and O–H groups in total. The molecule has 0 fully saturated rings. The summed E-state index contributed by atoms with van der Waals surface area (Å²) in [6.07, 6.45) is 4.79. The average Bonchev–Trinajstić information content (AvgIpc) is 2.52. The predicted octanol–water partition coefficient (Wildman–Crippen LogP) is 2.45. The maximum absolute atomic E-state index is 8.68. The molecule has 2 aromatic heterocycles. The van der Waals surface area contributed by atoms with Gasteiger partial charge in [-0.15, -0.1) is 0 Å². The fourth-order valence-corrected chi connectivity index (χ4v) is 1.82. The summed E-state index contributed by atoms with van der Waals surface area (Å²) < 4.78 is 0. The number of anilines is 1. The number of nitriles is 1. The van der Waals surface area contributed by atoms with Gasteiger partial charge in [0.1, 0.15) is 5.82 Å². The summed E-state index contributed by atoms with van der Waals surface area (Å²) >= 11 is 0. The Bertz CT molecular complexity index is 603. The summed E-state index contributed by atoms with van der Waals surface area (Å²) in [4.78, 5) is 15.1. The van der Waals surface area contributed by atoms with Crippen LogP contribution in [0.5, 0.6) is 0 Å². The first kappa shape index (κ1) is 13.9.